The molecule has 2 aromatic rings. The number of rotatable bonds is 1. The highest BCUT2D eigenvalue weighted by Gasteiger charge is 2.01. The Morgan fingerprint density at radius 1 is 1.50 bits per heavy atom. The van der Waals surface area contributed by atoms with Gasteiger partial charge in [0, 0.05) is 30.4 Å². The van der Waals surface area contributed by atoms with Gasteiger partial charge >= 0.3 is 0 Å². The fourth-order valence-corrected chi connectivity index (χ4v) is 1.77. The minimum absolute atomic E-state index is 1.08. The van der Waals surface area contributed by atoms with Crippen molar-refractivity contribution in [3.63, 3.8) is 0 Å². The highest BCUT2D eigenvalue weighted by Crippen LogP contribution is 2.20. The van der Waals surface area contributed by atoms with Gasteiger partial charge in [0.1, 0.15) is 0 Å². The maximum absolute atomic E-state index is 4.40. The summed E-state index contributed by atoms with van der Waals surface area (Å²) in [5, 5.41) is 3.21. The van der Waals surface area contributed by atoms with Gasteiger partial charge in [-0.05, 0) is 13.0 Å². The van der Waals surface area contributed by atoms with Crippen molar-refractivity contribution < 1.29 is 0 Å². The molecule has 0 unspecified atom stereocenters. The first-order valence-corrected chi connectivity index (χ1v) is 4.68. The molecule has 2 heterocycles. The van der Waals surface area contributed by atoms with Crippen molar-refractivity contribution in [3.8, 4) is 11.3 Å². The van der Waals surface area contributed by atoms with Crippen LogP contribution in [0.4, 0.5) is 0 Å². The standard InChI is InChI=1S/C9H10N2S/c1-7-10-9(6-12-7)8-3-4-11(2)5-8/h3-6H,1-2H3. The predicted molar refractivity (Wildman–Crippen MR) is 51.3 cm³/mol. The Bertz CT molecular complexity index is 348. The molecule has 0 aliphatic carbocycles. The molecule has 12 heavy (non-hydrogen) atoms. The first-order chi connectivity index (χ1) is 5.75. The first kappa shape index (κ1) is 7.55. The lowest BCUT2D eigenvalue weighted by atomic mass is 10.3. The Morgan fingerprint density at radius 2 is 2.33 bits per heavy atom. The fraction of sp³-hybridized carbons (Fsp3) is 0.222. The molecule has 0 atom stereocenters. The average molecular weight is 178 g/mol. The van der Waals surface area contributed by atoms with E-state index in [4.69, 9.17) is 0 Å². The van der Waals surface area contributed by atoms with Crippen LogP contribution in [0.15, 0.2) is 23.8 Å². The fourth-order valence-electron chi connectivity index (χ4n) is 1.15. The van der Waals surface area contributed by atoms with E-state index in [-0.39, 0.29) is 0 Å². The van der Waals surface area contributed by atoms with E-state index < -0.39 is 0 Å². The van der Waals surface area contributed by atoms with E-state index in [1.165, 1.54) is 5.56 Å². The summed E-state index contributed by atoms with van der Waals surface area (Å²) in [4.78, 5) is 4.40. The Balaban J connectivity index is 2.43. The summed E-state index contributed by atoms with van der Waals surface area (Å²) in [7, 11) is 2.02. The summed E-state index contributed by atoms with van der Waals surface area (Å²) in [5.74, 6) is 0. The van der Waals surface area contributed by atoms with Crippen LogP contribution < -0.4 is 0 Å². The molecule has 3 heteroatoms. The van der Waals surface area contributed by atoms with Crippen LogP contribution in [0.2, 0.25) is 0 Å². The topological polar surface area (TPSA) is 17.8 Å². The van der Waals surface area contributed by atoms with Gasteiger partial charge in [-0.2, -0.15) is 0 Å². The van der Waals surface area contributed by atoms with E-state index in [2.05, 4.69) is 22.6 Å². The average Bonchev–Trinajstić information content (AvgIpc) is 2.58. The third-order valence-electron chi connectivity index (χ3n) is 1.75. The minimum atomic E-state index is 1.08. The summed E-state index contributed by atoms with van der Waals surface area (Å²) in [5.41, 5.74) is 2.28. The number of hydrogen-bond donors (Lipinski definition) is 0. The van der Waals surface area contributed by atoms with Crippen LogP contribution in [-0.2, 0) is 7.05 Å². The molecule has 62 valence electrons. The normalized spacial score (nSPS) is 10.5. The predicted octanol–water partition coefficient (Wildman–Crippen LogP) is 2.46. The van der Waals surface area contributed by atoms with Crippen molar-refractivity contribution >= 4 is 11.3 Å². The molecule has 0 spiro atoms. The number of aryl methyl sites for hydroxylation is 2. The molecule has 0 aliphatic heterocycles. The quantitative estimate of drug-likeness (QED) is 0.656. The number of hydrogen-bond acceptors (Lipinski definition) is 2. The van der Waals surface area contributed by atoms with Crippen LogP contribution in [0.1, 0.15) is 5.01 Å². The van der Waals surface area contributed by atoms with Gasteiger partial charge in [0.2, 0.25) is 0 Å². The monoisotopic (exact) mass is 178 g/mol. The van der Waals surface area contributed by atoms with Crippen LogP contribution >= 0.6 is 11.3 Å². The van der Waals surface area contributed by atoms with Crippen LogP contribution in [0.25, 0.3) is 11.3 Å². The number of nitrogens with zero attached hydrogens (tertiary/aromatic N) is 2. The molecule has 2 nitrogen and oxygen atoms in total. The zero-order chi connectivity index (χ0) is 8.55. The Labute approximate surface area is 75.5 Å². The molecule has 0 saturated heterocycles. The molecule has 0 N–H and O–H groups in total. The van der Waals surface area contributed by atoms with Crippen molar-refractivity contribution in [3.05, 3.63) is 28.8 Å². The maximum atomic E-state index is 4.40. The van der Waals surface area contributed by atoms with Gasteiger partial charge in [-0.15, -0.1) is 11.3 Å². The van der Waals surface area contributed by atoms with Gasteiger partial charge in [0.15, 0.2) is 0 Å². The Morgan fingerprint density at radius 3 is 2.83 bits per heavy atom. The van der Waals surface area contributed by atoms with E-state index in [0.29, 0.717) is 0 Å². The third kappa shape index (κ3) is 1.28. The number of thiazole rings is 1. The van der Waals surface area contributed by atoms with Crippen molar-refractivity contribution in [2.75, 3.05) is 0 Å². The Kier molecular flexibility index (Phi) is 1.73. The van der Waals surface area contributed by atoms with Crippen LogP contribution in [0.5, 0.6) is 0 Å². The lowest BCUT2D eigenvalue weighted by Gasteiger charge is -1.87. The highest BCUT2D eigenvalue weighted by atomic mass is 32.1. The van der Waals surface area contributed by atoms with Gasteiger partial charge in [-0.3, -0.25) is 0 Å². The van der Waals surface area contributed by atoms with Gasteiger partial charge < -0.3 is 4.57 Å². The van der Waals surface area contributed by atoms with Crippen LogP contribution in [0.3, 0.4) is 0 Å². The summed E-state index contributed by atoms with van der Waals surface area (Å²) >= 11 is 1.69. The minimum Gasteiger partial charge on any atom is -0.357 e. The van der Waals surface area contributed by atoms with Crippen molar-refractivity contribution in [1.82, 2.24) is 9.55 Å². The highest BCUT2D eigenvalue weighted by molar-refractivity contribution is 7.09. The summed E-state index contributed by atoms with van der Waals surface area (Å²) in [6.07, 6.45) is 4.11. The van der Waals surface area contributed by atoms with Gasteiger partial charge in [-0.1, -0.05) is 0 Å². The molecule has 0 amide bonds. The molecular formula is C9H10N2S. The van der Waals surface area contributed by atoms with E-state index in [1.54, 1.807) is 11.3 Å². The van der Waals surface area contributed by atoms with Crippen molar-refractivity contribution in [1.29, 1.82) is 0 Å². The van der Waals surface area contributed by atoms with Gasteiger partial charge in [0.25, 0.3) is 0 Å². The second-order valence-electron chi connectivity index (χ2n) is 2.82. The van der Waals surface area contributed by atoms with E-state index in [0.717, 1.165) is 10.7 Å². The zero-order valence-electron chi connectivity index (χ0n) is 7.11. The maximum Gasteiger partial charge on any atom is 0.0901 e. The summed E-state index contributed by atoms with van der Waals surface area (Å²) < 4.78 is 2.03. The molecule has 0 fully saturated rings. The summed E-state index contributed by atoms with van der Waals surface area (Å²) in [6.45, 7) is 2.02. The zero-order valence-corrected chi connectivity index (χ0v) is 7.93. The largest absolute Gasteiger partial charge is 0.357 e. The van der Waals surface area contributed by atoms with Crippen molar-refractivity contribution in [2.45, 2.75) is 6.92 Å². The molecule has 2 rings (SSSR count). The van der Waals surface area contributed by atoms with Crippen molar-refractivity contribution in [2.24, 2.45) is 7.05 Å². The second kappa shape index (κ2) is 2.75. The van der Waals surface area contributed by atoms with E-state index in [1.807, 2.05) is 24.7 Å². The molecular weight excluding hydrogens is 168 g/mol. The first-order valence-electron chi connectivity index (χ1n) is 3.80. The van der Waals surface area contributed by atoms with Crippen LogP contribution in [0, 0.1) is 6.92 Å². The number of aromatic nitrogens is 2. The van der Waals surface area contributed by atoms with E-state index >= 15 is 0 Å². The lowest BCUT2D eigenvalue weighted by Crippen LogP contribution is -1.78. The molecule has 0 aromatic carbocycles. The van der Waals surface area contributed by atoms with E-state index in [9.17, 15) is 0 Å². The second-order valence-corrected chi connectivity index (χ2v) is 3.88. The van der Waals surface area contributed by atoms with Gasteiger partial charge in [-0.25, -0.2) is 4.98 Å². The van der Waals surface area contributed by atoms with Gasteiger partial charge in [0.05, 0.1) is 10.7 Å². The smallest absolute Gasteiger partial charge is 0.0901 e. The van der Waals surface area contributed by atoms with Crippen LogP contribution in [-0.4, -0.2) is 9.55 Å². The molecule has 0 aliphatic rings. The molecule has 0 bridgehead atoms. The Hall–Kier alpha value is -1.09. The third-order valence-corrected chi connectivity index (χ3v) is 2.52. The molecule has 0 saturated carbocycles. The SMILES string of the molecule is Cc1nc(-c2ccn(C)c2)cs1. The molecule has 0 radical (unpaired) electrons. The lowest BCUT2D eigenvalue weighted by molar-refractivity contribution is 0.928. The summed E-state index contributed by atoms with van der Waals surface area (Å²) in [6, 6.07) is 2.08. The molecule has 2 aromatic heterocycles.